The molecular formula is C19H21N5O3. The summed E-state index contributed by atoms with van der Waals surface area (Å²) in [7, 11) is 0. The molecule has 0 unspecified atom stereocenters. The lowest BCUT2D eigenvalue weighted by Crippen LogP contribution is -2.42. The molecule has 27 heavy (non-hydrogen) atoms. The second kappa shape index (κ2) is 7.63. The maximum atomic E-state index is 12.5. The van der Waals surface area contributed by atoms with E-state index in [0.29, 0.717) is 32.8 Å². The number of benzene rings is 1. The second-order valence-corrected chi connectivity index (χ2v) is 6.52. The topological polar surface area (TPSA) is 92.2 Å². The van der Waals surface area contributed by atoms with Gasteiger partial charge in [0.25, 0.3) is 0 Å². The van der Waals surface area contributed by atoms with Crippen molar-refractivity contribution in [2.75, 3.05) is 31.6 Å². The molecule has 2 N–H and O–H groups in total. The number of hydrogen-bond acceptors (Lipinski definition) is 4. The fourth-order valence-electron chi connectivity index (χ4n) is 3.24. The summed E-state index contributed by atoms with van der Waals surface area (Å²) in [4.78, 5) is 26.4. The Bertz CT molecular complexity index is 942. The molecule has 1 saturated heterocycles. The molecule has 8 nitrogen and oxygen atoms in total. The third-order valence-corrected chi connectivity index (χ3v) is 4.63. The molecule has 3 heterocycles. The zero-order valence-electron chi connectivity index (χ0n) is 14.9. The van der Waals surface area contributed by atoms with Crippen molar-refractivity contribution in [3.63, 3.8) is 0 Å². The number of H-pyrrole nitrogens is 1. The Balaban J connectivity index is 1.43. The Morgan fingerprint density at radius 3 is 2.81 bits per heavy atom. The fraction of sp³-hybridized carbons (Fsp3) is 0.316. The van der Waals surface area contributed by atoms with Gasteiger partial charge in [-0.25, -0.2) is 0 Å². The second-order valence-electron chi connectivity index (χ2n) is 6.52. The number of carbonyl (C=O) groups excluding carboxylic acids is 2. The highest BCUT2D eigenvalue weighted by atomic mass is 16.5. The number of hydrogen-bond donors (Lipinski definition) is 2. The number of nitrogens with zero attached hydrogens (tertiary/aromatic N) is 3. The number of aromatic nitrogens is 3. The molecule has 0 bridgehead atoms. The highest BCUT2D eigenvalue weighted by Gasteiger charge is 2.17. The minimum Gasteiger partial charge on any atom is -0.378 e. The highest BCUT2D eigenvalue weighted by molar-refractivity contribution is 5.95. The molecule has 0 spiro atoms. The van der Waals surface area contributed by atoms with E-state index in [4.69, 9.17) is 4.74 Å². The molecule has 2 aromatic heterocycles. The molecule has 1 aliphatic heterocycles. The minimum atomic E-state index is -0.111. The first-order valence-electron chi connectivity index (χ1n) is 8.91. The Labute approximate surface area is 156 Å². The van der Waals surface area contributed by atoms with Gasteiger partial charge in [-0.2, -0.15) is 5.10 Å². The van der Waals surface area contributed by atoms with Gasteiger partial charge < -0.3 is 19.5 Å². The third kappa shape index (κ3) is 4.01. The van der Waals surface area contributed by atoms with Crippen LogP contribution in [-0.4, -0.2) is 57.8 Å². The smallest absolute Gasteiger partial charge is 0.242 e. The van der Waals surface area contributed by atoms with Gasteiger partial charge in [0, 0.05) is 47.8 Å². The zero-order chi connectivity index (χ0) is 18.6. The minimum absolute atomic E-state index is 0.0905. The van der Waals surface area contributed by atoms with Gasteiger partial charge >= 0.3 is 0 Å². The number of carbonyl (C=O) groups is 2. The number of anilines is 1. The van der Waals surface area contributed by atoms with E-state index in [1.54, 1.807) is 12.3 Å². The van der Waals surface area contributed by atoms with E-state index in [1.165, 1.54) is 0 Å². The Morgan fingerprint density at radius 1 is 1.19 bits per heavy atom. The molecule has 2 amide bonds. The number of fused-ring (bicyclic) bond motifs is 1. The van der Waals surface area contributed by atoms with Gasteiger partial charge in [-0.15, -0.1) is 0 Å². The summed E-state index contributed by atoms with van der Waals surface area (Å²) >= 11 is 0. The van der Waals surface area contributed by atoms with Gasteiger partial charge in [0.2, 0.25) is 11.8 Å². The Kier molecular flexibility index (Phi) is 4.88. The van der Waals surface area contributed by atoms with E-state index >= 15 is 0 Å². The summed E-state index contributed by atoms with van der Waals surface area (Å²) in [5.74, 6) is -0.0201. The summed E-state index contributed by atoms with van der Waals surface area (Å²) in [6.45, 7) is 2.78. The molecule has 8 heteroatoms. The molecule has 0 aliphatic carbocycles. The van der Waals surface area contributed by atoms with Crippen molar-refractivity contribution in [3.05, 3.63) is 48.4 Å². The van der Waals surface area contributed by atoms with Crippen LogP contribution >= 0.6 is 0 Å². The number of ether oxygens (including phenoxy) is 1. The van der Waals surface area contributed by atoms with Gasteiger partial charge in [-0.05, 0) is 30.3 Å². The quantitative estimate of drug-likeness (QED) is 0.713. The van der Waals surface area contributed by atoms with Crippen molar-refractivity contribution in [3.8, 4) is 0 Å². The van der Waals surface area contributed by atoms with E-state index < -0.39 is 0 Å². The molecule has 0 atom stereocenters. The van der Waals surface area contributed by atoms with Gasteiger partial charge in [0.1, 0.15) is 6.54 Å². The first kappa shape index (κ1) is 17.3. The SMILES string of the molecule is O=C(Cc1ccn[nH]1)Nc1ccc2c(ccn2CC(=O)N2CCOCC2)c1. The molecule has 1 aromatic carbocycles. The molecule has 0 saturated carbocycles. The maximum Gasteiger partial charge on any atom is 0.242 e. The van der Waals surface area contributed by atoms with Crippen molar-refractivity contribution in [2.45, 2.75) is 13.0 Å². The lowest BCUT2D eigenvalue weighted by Gasteiger charge is -2.27. The van der Waals surface area contributed by atoms with E-state index in [-0.39, 0.29) is 18.2 Å². The largest absolute Gasteiger partial charge is 0.378 e. The monoisotopic (exact) mass is 367 g/mol. The van der Waals surface area contributed by atoms with E-state index in [9.17, 15) is 9.59 Å². The highest BCUT2D eigenvalue weighted by Crippen LogP contribution is 2.21. The molecule has 140 valence electrons. The van der Waals surface area contributed by atoms with E-state index in [0.717, 1.165) is 22.3 Å². The maximum absolute atomic E-state index is 12.5. The number of nitrogens with one attached hydrogen (secondary N) is 2. The van der Waals surface area contributed by atoms with Crippen molar-refractivity contribution >= 4 is 28.4 Å². The van der Waals surface area contributed by atoms with Crippen LogP contribution in [0.4, 0.5) is 5.69 Å². The van der Waals surface area contributed by atoms with Crippen molar-refractivity contribution in [1.82, 2.24) is 19.7 Å². The number of aromatic amines is 1. The standard InChI is InChI=1S/C19H21N5O3/c25-18(12-16-3-5-20-22-16)21-15-1-2-17-14(11-15)4-6-24(17)13-19(26)23-7-9-27-10-8-23/h1-6,11H,7-10,12-13H2,(H,20,22)(H,21,25). The number of amides is 2. The van der Waals surface area contributed by atoms with Gasteiger partial charge in [-0.1, -0.05) is 0 Å². The fourth-order valence-corrected chi connectivity index (χ4v) is 3.24. The van der Waals surface area contributed by atoms with E-state index in [1.807, 2.05) is 39.9 Å². The first-order chi connectivity index (χ1) is 13.2. The molecule has 1 fully saturated rings. The van der Waals surface area contributed by atoms with Crippen LogP contribution < -0.4 is 5.32 Å². The molecule has 3 aromatic rings. The number of morpholine rings is 1. The van der Waals surface area contributed by atoms with E-state index in [2.05, 4.69) is 15.5 Å². The normalized spacial score (nSPS) is 14.4. The Morgan fingerprint density at radius 2 is 2.04 bits per heavy atom. The van der Waals surface area contributed by atoms with Crippen LogP contribution in [0.25, 0.3) is 10.9 Å². The van der Waals surface area contributed by atoms with Crippen LogP contribution in [0.1, 0.15) is 5.69 Å². The van der Waals surface area contributed by atoms with Crippen LogP contribution in [0.5, 0.6) is 0 Å². The van der Waals surface area contributed by atoms with Crippen LogP contribution in [0, 0.1) is 0 Å². The average Bonchev–Trinajstić information content (AvgIpc) is 3.32. The predicted molar refractivity (Wildman–Crippen MR) is 100 cm³/mol. The molecule has 1 aliphatic rings. The molecule has 0 radical (unpaired) electrons. The van der Waals surface area contributed by atoms with Gasteiger partial charge in [0.05, 0.1) is 19.6 Å². The summed E-state index contributed by atoms with van der Waals surface area (Å²) in [6.07, 6.45) is 3.77. The zero-order valence-corrected chi connectivity index (χ0v) is 14.9. The average molecular weight is 367 g/mol. The molecule has 4 rings (SSSR count). The first-order valence-corrected chi connectivity index (χ1v) is 8.91. The summed E-state index contributed by atoms with van der Waals surface area (Å²) < 4.78 is 7.23. The summed E-state index contributed by atoms with van der Waals surface area (Å²) in [5.41, 5.74) is 2.45. The summed E-state index contributed by atoms with van der Waals surface area (Å²) in [6, 6.07) is 9.41. The van der Waals surface area contributed by atoms with Crippen molar-refractivity contribution in [2.24, 2.45) is 0 Å². The van der Waals surface area contributed by atoms with Crippen LogP contribution in [0.3, 0.4) is 0 Å². The van der Waals surface area contributed by atoms with Crippen LogP contribution in [0.15, 0.2) is 42.7 Å². The molecular weight excluding hydrogens is 346 g/mol. The van der Waals surface area contributed by atoms with Crippen molar-refractivity contribution < 1.29 is 14.3 Å². The van der Waals surface area contributed by atoms with Crippen LogP contribution in [0.2, 0.25) is 0 Å². The third-order valence-electron chi connectivity index (χ3n) is 4.63. The predicted octanol–water partition coefficient (Wildman–Crippen LogP) is 1.40. The number of rotatable bonds is 5. The van der Waals surface area contributed by atoms with Crippen molar-refractivity contribution in [1.29, 1.82) is 0 Å². The Hall–Kier alpha value is -3.13. The van der Waals surface area contributed by atoms with Gasteiger partial charge in [0.15, 0.2) is 0 Å². The van der Waals surface area contributed by atoms with Crippen LogP contribution in [-0.2, 0) is 27.3 Å². The lowest BCUT2D eigenvalue weighted by atomic mass is 10.2. The van der Waals surface area contributed by atoms with Gasteiger partial charge in [-0.3, -0.25) is 14.7 Å². The lowest BCUT2D eigenvalue weighted by molar-refractivity contribution is -0.135. The summed E-state index contributed by atoms with van der Waals surface area (Å²) in [5, 5.41) is 10.5.